The third-order valence-electron chi connectivity index (χ3n) is 2.71. The summed E-state index contributed by atoms with van der Waals surface area (Å²) in [4.78, 5) is 11.5. The Hall–Kier alpha value is -3.21. The number of aryl methyl sites for hydroxylation is 1. The lowest BCUT2D eigenvalue weighted by atomic mass is 10.1. The molecule has 0 aliphatic rings. The van der Waals surface area contributed by atoms with E-state index in [-0.39, 0.29) is 28.5 Å². The summed E-state index contributed by atoms with van der Waals surface area (Å²) in [5.41, 5.74) is 1.46. The van der Waals surface area contributed by atoms with E-state index in [9.17, 15) is 9.90 Å². The van der Waals surface area contributed by atoms with Crippen LogP contribution in [0.25, 0.3) is 5.57 Å². The van der Waals surface area contributed by atoms with Crippen LogP contribution in [0.15, 0.2) is 18.3 Å². The predicted octanol–water partition coefficient (Wildman–Crippen LogP) is 1.39. The van der Waals surface area contributed by atoms with E-state index in [1.165, 1.54) is 13.1 Å². The molecule has 1 aromatic carbocycles. The molecular formula is C13H12N6O2. The van der Waals surface area contributed by atoms with Gasteiger partial charge in [0.2, 0.25) is 5.82 Å². The van der Waals surface area contributed by atoms with Crippen LogP contribution >= 0.6 is 0 Å². The molecule has 106 valence electrons. The van der Waals surface area contributed by atoms with Crippen LogP contribution in [0.3, 0.4) is 0 Å². The van der Waals surface area contributed by atoms with Gasteiger partial charge in [-0.05, 0) is 36.8 Å². The van der Waals surface area contributed by atoms with E-state index in [0.717, 1.165) is 5.56 Å². The molecule has 0 spiro atoms. The van der Waals surface area contributed by atoms with Gasteiger partial charge in [0.05, 0.1) is 11.3 Å². The number of tetrazole rings is 1. The van der Waals surface area contributed by atoms with Crippen molar-refractivity contribution >= 4 is 17.0 Å². The molecule has 8 heteroatoms. The summed E-state index contributed by atoms with van der Waals surface area (Å²) < 4.78 is 0. The van der Waals surface area contributed by atoms with E-state index in [1.54, 1.807) is 19.1 Å². The smallest absolute Gasteiger partial charge is 0.216 e. The number of aromatic hydroxyl groups is 1. The summed E-state index contributed by atoms with van der Waals surface area (Å²) >= 11 is 0. The van der Waals surface area contributed by atoms with E-state index in [1.807, 2.05) is 6.07 Å². The Morgan fingerprint density at radius 2 is 2.29 bits per heavy atom. The minimum Gasteiger partial charge on any atom is -0.505 e. The van der Waals surface area contributed by atoms with Crippen molar-refractivity contribution in [2.45, 2.75) is 13.8 Å². The largest absolute Gasteiger partial charge is 0.505 e. The normalized spacial score (nSPS) is 11.0. The molecule has 0 fully saturated rings. The number of phenols is 1. The Morgan fingerprint density at radius 1 is 1.52 bits per heavy atom. The highest BCUT2D eigenvalue weighted by Crippen LogP contribution is 2.30. The van der Waals surface area contributed by atoms with Gasteiger partial charge in [0, 0.05) is 6.20 Å². The van der Waals surface area contributed by atoms with Crippen LogP contribution in [-0.4, -0.2) is 31.5 Å². The van der Waals surface area contributed by atoms with E-state index in [4.69, 9.17) is 5.26 Å². The van der Waals surface area contributed by atoms with Gasteiger partial charge in [0.1, 0.15) is 17.4 Å². The Balaban J connectivity index is 2.36. The summed E-state index contributed by atoms with van der Waals surface area (Å²) in [6.45, 7) is 3.17. The van der Waals surface area contributed by atoms with Gasteiger partial charge in [0.25, 0.3) is 0 Å². The van der Waals surface area contributed by atoms with Crippen molar-refractivity contribution in [2.24, 2.45) is 0 Å². The third-order valence-corrected chi connectivity index (χ3v) is 2.71. The first-order valence-electron chi connectivity index (χ1n) is 5.98. The summed E-state index contributed by atoms with van der Waals surface area (Å²) in [5.74, 6) is -0.291. The van der Waals surface area contributed by atoms with E-state index < -0.39 is 0 Å². The first-order valence-corrected chi connectivity index (χ1v) is 5.98. The zero-order valence-electron chi connectivity index (χ0n) is 11.4. The molecule has 0 saturated carbocycles. The Bertz CT molecular complexity index is 743. The quantitative estimate of drug-likeness (QED) is 0.439. The topological polar surface area (TPSA) is 128 Å². The molecule has 0 aliphatic carbocycles. The molecule has 3 N–H and O–H groups in total. The van der Waals surface area contributed by atoms with E-state index in [0.29, 0.717) is 5.69 Å². The molecule has 0 radical (unpaired) electrons. The van der Waals surface area contributed by atoms with E-state index >= 15 is 0 Å². The first-order chi connectivity index (χ1) is 10.0. The molecule has 2 rings (SSSR count). The van der Waals surface area contributed by atoms with Crippen LogP contribution in [0, 0.1) is 18.3 Å². The fourth-order valence-electron chi connectivity index (χ4n) is 1.73. The predicted molar refractivity (Wildman–Crippen MR) is 74.2 cm³/mol. The molecule has 1 heterocycles. The second-order valence-electron chi connectivity index (χ2n) is 4.31. The van der Waals surface area contributed by atoms with Crippen molar-refractivity contribution in [3.8, 4) is 11.8 Å². The third kappa shape index (κ3) is 3.03. The number of H-pyrrole nitrogens is 1. The number of phenolic OH excluding ortho intramolecular Hbond substituents is 1. The summed E-state index contributed by atoms with van der Waals surface area (Å²) in [7, 11) is 0. The molecule has 2 aromatic rings. The zero-order valence-corrected chi connectivity index (χ0v) is 11.4. The molecule has 0 bridgehead atoms. The second kappa shape index (κ2) is 5.83. The zero-order chi connectivity index (χ0) is 15.4. The van der Waals surface area contributed by atoms with Gasteiger partial charge in [-0.15, -0.1) is 10.2 Å². The number of hydrogen-bond donors (Lipinski definition) is 3. The average Bonchev–Trinajstić information content (AvgIpc) is 2.96. The Morgan fingerprint density at radius 3 is 2.86 bits per heavy atom. The van der Waals surface area contributed by atoms with Gasteiger partial charge in [-0.3, -0.25) is 4.79 Å². The minimum absolute atomic E-state index is 0.129. The van der Waals surface area contributed by atoms with Gasteiger partial charge >= 0.3 is 0 Å². The number of carbonyl (C=O) groups excluding carboxylic acids is 1. The summed E-state index contributed by atoms with van der Waals surface area (Å²) in [6, 6.07) is 5.16. The molecule has 0 amide bonds. The summed E-state index contributed by atoms with van der Waals surface area (Å²) in [5, 5.41) is 34.9. The first kappa shape index (κ1) is 14.2. The summed E-state index contributed by atoms with van der Waals surface area (Å²) in [6.07, 6.45) is 1.34. The number of allylic oxidation sites excluding steroid dienone is 1. The van der Waals surface area contributed by atoms with Crippen molar-refractivity contribution in [3.05, 3.63) is 35.3 Å². The number of carbonyl (C=O) groups is 1. The highest BCUT2D eigenvalue weighted by atomic mass is 16.3. The van der Waals surface area contributed by atoms with Crippen molar-refractivity contribution < 1.29 is 9.90 Å². The number of benzene rings is 1. The lowest BCUT2D eigenvalue weighted by Crippen LogP contribution is -1.99. The van der Waals surface area contributed by atoms with Crippen LogP contribution in [0.4, 0.5) is 5.69 Å². The van der Waals surface area contributed by atoms with E-state index in [2.05, 4.69) is 25.9 Å². The maximum absolute atomic E-state index is 11.5. The highest BCUT2D eigenvalue weighted by Gasteiger charge is 2.12. The fourth-order valence-corrected chi connectivity index (χ4v) is 1.73. The minimum atomic E-state index is -0.248. The molecule has 21 heavy (non-hydrogen) atoms. The molecular weight excluding hydrogens is 272 g/mol. The number of aromatic nitrogens is 4. The molecule has 1 aromatic heterocycles. The SMILES string of the molecule is CC(=O)c1cc(C)cc(NC=C(C#N)c2nn[nH]n2)c1O. The molecule has 0 aliphatic heterocycles. The maximum atomic E-state index is 11.5. The number of hydrogen-bond acceptors (Lipinski definition) is 7. The molecule has 0 saturated heterocycles. The van der Waals surface area contributed by atoms with Crippen molar-refractivity contribution in [1.29, 1.82) is 5.26 Å². The van der Waals surface area contributed by atoms with Gasteiger partial charge in [-0.25, -0.2) is 0 Å². The van der Waals surface area contributed by atoms with Gasteiger partial charge in [-0.2, -0.15) is 10.5 Å². The van der Waals surface area contributed by atoms with Gasteiger partial charge in [-0.1, -0.05) is 0 Å². The van der Waals surface area contributed by atoms with Crippen LogP contribution in [0.2, 0.25) is 0 Å². The van der Waals surface area contributed by atoms with Crippen LogP contribution in [-0.2, 0) is 0 Å². The second-order valence-corrected chi connectivity index (χ2v) is 4.31. The Kier molecular flexibility index (Phi) is 3.95. The van der Waals surface area contributed by atoms with Crippen molar-refractivity contribution in [1.82, 2.24) is 20.6 Å². The number of nitriles is 1. The Labute approximate surface area is 120 Å². The van der Waals surface area contributed by atoms with Gasteiger partial charge in [0.15, 0.2) is 5.78 Å². The van der Waals surface area contributed by atoms with Crippen LogP contribution in [0.1, 0.15) is 28.7 Å². The average molecular weight is 284 g/mol. The lowest BCUT2D eigenvalue weighted by molar-refractivity contribution is 0.101. The van der Waals surface area contributed by atoms with Crippen molar-refractivity contribution in [3.63, 3.8) is 0 Å². The van der Waals surface area contributed by atoms with Crippen molar-refractivity contribution in [2.75, 3.05) is 5.32 Å². The monoisotopic (exact) mass is 284 g/mol. The maximum Gasteiger partial charge on any atom is 0.216 e. The number of ketones is 1. The standard InChI is InChI=1S/C13H12N6O2/c1-7-3-10(8(2)20)12(21)11(4-7)15-6-9(5-14)13-16-18-19-17-13/h3-4,6,15,21H,1-2H3,(H,16,17,18,19). The number of aromatic amines is 1. The molecule has 0 unspecified atom stereocenters. The van der Waals surface area contributed by atoms with Crippen LogP contribution < -0.4 is 5.32 Å². The number of nitrogens with one attached hydrogen (secondary N) is 2. The molecule has 8 nitrogen and oxygen atoms in total. The number of Topliss-reactive ketones (excluding diaryl/α,β-unsaturated/α-hetero) is 1. The number of anilines is 1. The number of nitrogens with zero attached hydrogens (tertiary/aromatic N) is 4. The highest BCUT2D eigenvalue weighted by molar-refractivity contribution is 5.99. The lowest BCUT2D eigenvalue weighted by Gasteiger charge is -2.09. The number of rotatable bonds is 4. The fraction of sp³-hybridized carbons (Fsp3) is 0.154. The molecule has 0 atom stereocenters. The van der Waals surface area contributed by atoms with Crippen LogP contribution in [0.5, 0.6) is 5.75 Å². The van der Waals surface area contributed by atoms with Gasteiger partial charge < -0.3 is 10.4 Å².